The molecule has 0 bridgehead atoms. The zero-order chi connectivity index (χ0) is 11.1. The zero-order valence-electron chi connectivity index (χ0n) is 9.21. The van der Waals surface area contributed by atoms with E-state index in [1.54, 1.807) is 0 Å². The van der Waals surface area contributed by atoms with Gasteiger partial charge in [0.05, 0.1) is 0 Å². The third-order valence-electron chi connectivity index (χ3n) is 3.88. The first-order chi connectivity index (χ1) is 7.78. The SMILES string of the molecule is N=C(NO)C1Cc2cc3c(cc2C1)CCC3. The monoisotopic (exact) mass is 216 g/mol. The summed E-state index contributed by atoms with van der Waals surface area (Å²) < 4.78 is 0. The second-order valence-corrected chi connectivity index (χ2v) is 4.87. The van der Waals surface area contributed by atoms with Gasteiger partial charge in [-0.25, -0.2) is 0 Å². The summed E-state index contributed by atoms with van der Waals surface area (Å²) in [5, 5.41) is 16.4. The molecule has 3 rings (SSSR count). The lowest BCUT2D eigenvalue weighted by Crippen LogP contribution is -2.27. The molecule has 0 aromatic heterocycles. The molecule has 2 aliphatic rings. The van der Waals surface area contributed by atoms with Crippen molar-refractivity contribution >= 4 is 5.84 Å². The summed E-state index contributed by atoms with van der Waals surface area (Å²) in [4.78, 5) is 0. The molecule has 0 radical (unpaired) electrons. The Hall–Kier alpha value is -1.35. The van der Waals surface area contributed by atoms with Crippen molar-refractivity contribution in [1.29, 1.82) is 5.41 Å². The molecule has 3 N–H and O–H groups in total. The van der Waals surface area contributed by atoms with Crippen molar-refractivity contribution in [2.24, 2.45) is 5.92 Å². The Morgan fingerprint density at radius 2 is 1.69 bits per heavy atom. The molecule has 16 heavy (non-hydrogen) atoms. The molecule has 3 nitrogen and oxygen atoms in total. The highest BCUT2D eigenvalue weighted by atomic mass is 16.5. The molecule has 84 valence electrons. The highest BCUT2D eigenvalue weighted by Gasteiger charge is 2.26. The third-order valence-corrected chi connectivity index (χ3v) is 3.88. The second-order valence-electron chi connectivity index (χ2n) is 4.87. The Labute approximate surface area is 95.0 Å². The fourth-order valence-corrected chi connectivity index (χ4v) is 3.00. The molecule has 0 saturated carbocycles. The van der Waals surface area contributed by atoms with Crippen molar-refractivity contribution in [2.75, 3.05) is 0 Å². The number of nitrogens with one attached hydrogen (secondary N) is 2. The quantitative estimate of drug-likeness (QED) is 0.381. The Bertz CT molecular complexity index is 420. The molecule has 0 heterocycles. The summed E-state index contributed by atoms with van der Waals surface area (Å²) in [7, 11) is 0. The lowest BCUT2D eigenvalue weighted by atomic mass is 10.0. The molecular formula is C13H16N2O. The smallest absolute Gasteiger partial charge is 0.121 e. The van der Waals surface area contributed by atoms with Crippen molar-refractivity contribution < 1.29 is 5.21 Å². The fraction of sp³-hybridized carbons (Fsp3) is 0.462. The standard InChI is InChI=1S/C13H16N2O/c14-13(15-16)12-6-10-4-8-2-1-3-9(8)5-11(10)7-12/h4-5,12,16H,1-3,6-7H2,(H2,14,15). The molecule has 2 aliphatic carbocycles. The summed E-state index contributed by atoms with van der Waals surface area (Å²) >= 11 is 0. The highest BCUT2D eigenvalue weighted by Crippen LogP contribution is 2.33. The predicted octanol–water partition coefficient (Wildman–Crippen LogP) is 1.85. The van der Waals surface area contributed by atoms with Gasteiger partial charge in [0.15, 0.2) is 0 Å². The van der Waals surface area contributed by atoms with Crippen LogP contribution in [-0.2, 0) is 25.7 Å². The number of hydroxylamine groups is 1. The van der Waals surface area contributed by atoms with E-state index in [0.717, 1.165) is 12.8 Å². The molecule has 0 fully saturated rings. The Morgan fingerprint density at radius 3 is 2.19 bits per heavy atom. The van der Waals surface area contributed by atoms with E-state index in [-0.39, 0.29) is 11.8 Å². The molecule has 3 heteroatoms. The van der Waals surface area contributed by atoms with Crippen LogP contribution in [0.4, 0.5) is 0 Å². The van der Waals surface area contributed by atoms with Gasteiger partial charge < -0.3 is 0 Å². The second kappa shape index (κ2) is 3.59. The van der Waals surface area contributed by atoms with Crippen LogP contribution in [0.3, 0.4) is 0 Å². The molecule has 1 aromatic rings. The summed E-state index contributed by atoms with van der Waals surface area (Å²) in [6.45, 7) is 0. The first-order valence-electron chi connectivity index (χ1n) is 5.90. The van der Waals surface area contributed by atoms with Gasteiger partial charge in [0, 0.05) is 5.92 Å². The first kappa shape index (κ1) is 9.85. The van der Waals surface area contributed by atoms with E-state index in [2.05, 4.69) is 12.1 Å². The zero-order valence-corrected chi connectivity index (χ0v) is 9.21. The topological polar surface area (TPSA) is 56.1 Å². The van der Waals surface area contributed by atoms with Crippen molar-refractivity contribution in [3.05, 3.63) is 34.4 Å². The van der Waals surface area contributed by atoms with Gasteiger partial charge in [0.25, 0.3) is 0 Å². The van der Waals surface area contributed by atoms with Crippen LogP contribution in [-0.4, -0.2) is 11.0 Å². The van der Waals surface area contributed by atoms with E-state index in [0.29, 0.717) is 0 Å². The van der Waals surface area contributed by atoms with Gasteiger partial charge in [-0.15, -0.1) is 0 Å². The minimum Gasteiger partial charge on any atom is -0.290 e. The molecule has 0 aliphatic heterocycles. The van der Waals surface area contributed by atoms with Crippen molar-refractivity contribution in [3.63, 3.8) is 0 Å². The van der Waals surface area contributed by atoms with Crippen molar-refractivity contribution in [3.8, 4) is 0 Å². The van der Waals surface area contributed by atoms with Gasteiger partial charge in [-0.1, -0.05) is 12.1 Å². The number of amidine groups is 1. The van der Waals surface area contributed by atoms with Crippen LogP contribution in [0.15, 0.2) is 12.1 Å². The lowest BCUT2D eigenvalue weighted by Gasteiger charge is -2.07. The Kier molecular flexibility index (Phi) is 2.21. The normalized spacial score (nSPS) is 18.3. The van der Waals surface area contributed by atoms with E-state index in [1.165, 1.54) is 41.5 Å². The maximum Gasteiger partial charge on any atom is 0.121 e. The highest BCUT2D eigenvalue weighted by molar-refractivity contribution is 5.82. The van der Waals surface area contributed by atoms with Crippen molar-refractivity contribution in [1.82, 2.24) is 5.48 Å². The molecule has 0 spiro atoms. The third kappa shape index (κ3) is 1.43. The van der Waals surface area contributed by atoms with Gasteiger partial charge in [-0.05, 0) is 54.4 Å². The van der Waals surface area contributed by atoms with Crippen LogP contribution < -0.4 is 5.48 Å². The number of hydrogen-bond acceptors (Lipinski definition) is 2. The number of rotatable bonds is 1. The lowest BCUT2D eigenvalue weighted by molar-refractivity contribution is 0.226. The van der Waals surface area contributed by atoms with E-state index in [1.807, 2.05) is 5.48 Å². The van der Waals surface area contributed by atoms with E-state index in [9.17, 15) is 0 Å². The van der Waals surface area contributed by atoms with E-state index >= 15 is 0 Å². The summed E-state index contributed by atoms with van der Waals surface area (Å²) in [6.07, 6.45) is 5.51. The minimum atomic E-state index is 0.141. The molecule has 0 amide bonds. The minimum absolute atomic E-state index is 0.141. The summed E-state index contributed by atoms with van der Waals surface area (Å²) in [6, 6.07) is 4.64. The van der Waals surface area contributed by atoms with Gasteiger partial charge in [-0.3, -0.25) is 16.1 Å². The van der Waals surface area contributed by atoms with Gasteiger partial charge >= 0.3 is 0 Å². The molecule has 0 saturated heterocycles. The van der Waals surface area contributed by atoms with Crippen LogP contribution in [0.2, 0.25) is 0 Å². The van der Waals surface area contributed by atoms with E-state index in [4.69, 9.17) is 10.6 Å². The van der Waals surface area contributed by atoms with Crippen molar-refractivity contribution in [2.45, 2.75) is 32.1 Å². The van der Waals surface area contributed by atoms with E-state index < -0.39 is 0 Å². The number of aryl methyl sites for hydroxylation is 2. The first-order valence-corrected chi connectivity index (χ1v) is 5.90. The average Bonchev–Trinajstić information content (AvgIpc) is 2.89. The van der Waals surface area contributed by atoms with Crippen LogP contribution in [0, 0.1) is 11.3 Å². The van der Waals surface area contributed by atoms with Gasteiger partial charge in [-0.2, -0.15) is 0 Å². The van der Waals surface area contributed by atoms with Crippen LogP contribution in [0.5, 0.6) is 0 Å². The predicted molar refractivity (Wildman–Crippen MR) is 62.0 cm³/mol. The van der Waals surface area contributed by atoms with Crippen LogP contribution >= 0.6 is 0 Å². The molecule has 0 atom stereocenters. The number of fused-ring (bicyclic) bond motifs is 2. The summed E-state index contributed by atoms with van der Waals surface area (Å²) in [5.74, 6) is 0.388. The van der Waals surface area contributed by atoms with Crippen LogP contribution in [0.25, 0.3) is 0 Å². The van der Waals surface area contributed by atoms with Crippen LogP contribution in [0.1, 0.15) is 28.7 Å². The molecule has 1 aromatic carbocycles. The largest absolute Gasteiger partial charge is 0.290 e. The fourth-order valence-electron chi connectivity index (χ4n) is 3.00. The molecular weight excluding hydrogens is 200 g/mol. The number of benzene rings is 1. The Balaban J connectivity index is 1.90. The maximum atomic E-state index is 8.77. The summed E-state index contributed by atoms with van der Waals surface area (Å²) in [5.41, 5.74) is 7.75. The number of hydrogen-bond donors (Lipinski definition) is 3. The van der Waals surface area contributed by atoms with Gasteiger partial charge in [0.1, 0.15) is 5.84 Å². The average molecular weight is 216 g/mol. The van der Waals surface area contributed by atoms with Gasteiger partial charge in [0.2, 0.25) is 0 Å². The molecule has 0 unspecified atom stereocenters. The maximum absolute atomic E-state index is 8.77. The Morgan fingerprint density at radius 1 is 1.12 bits per heavy atom.